The number of anilines is 1. The molecule has 4 nitrogen and oxygen atoms in total. The molecule has 0 radical (unpaired) electrons. The van der Waals surface area contributed by atoms with Gasteiger partial charge in [0.05, 0.1) is 11.0 Å². The third-order valence-corrected chi connectivity index (χ3v) is 2.37. The highest BCUT2D eigenvalue weighted by Gasteiger charge is 2.23. The summed E-state index contributed by atoms with van der Waals surface area (Å²) < 4.78 is 26.6. The van der Waals surface area contributed by atoms with Crippen molar-refractivity contribution in [1.29, 1.82) is 0 Å². The molecule has 1 rings (SSSR count). The SMILES string of the molecule is C#CC(CCC)Nc1c([N+](=O)[O-])ccc(F)c1F. The largest absolute Gasteiger partial charge is 0.363 e. The standard InChI is InChI=1S/C12H12F2N2O2/c1-3-5-8(4-2)15-12-10(16(17)18)7-6-9(13)11(12)14/h2,6-8,15H,3,5H2,1H3. The van der Waals surface area contributed by atoms with Gasteiger partial charge in [0.1, 0.15) is 0 Å². The van der Waals surface area contributed by atoms with Gasteiger partial charge in [0, 0.05) is 6.07 Å². The Balaban J connectivity index is 3.17. The lowest BCUT2D eigenvalue weighted by atomic mass is 10.1. The third kappa shape index (κ3) is 2.94. The number of nitro benzene ring substituents is 1. The molecule has 1 aromatic carbocycles. The van der Waals surface area contributed by atoms with Gasteiger partial charge in [-0.05, 0) is 12.5 Å². The van der Waals surface area contributed by atoms with Crippen LogP contribution in [0.25, 0.3) is 0 Å². The number of hydrogen-bond donors (Lipinski definition) is 1. The van der Waals surface area contributed by atoms with Crippen LogP contribution >= 0.6 is 0 Å². The van der Waals surface area contributed by atoms with E-state index in [0.717, 1.165) is 6.07 Å². The molecule has 0 aliphatic rings. The Morgan fingerprint density at radius 1 is 1.56 bits per heavy atom. The Labute approximate surface area is 103 Å². The Morgan fingerprint density at radius 3 is 2.72 bits per heavy atom. The van der Waals surface area contributed by atoms with E-state index >= 15 is 0 Å². The van der Waals surface area contributed by atoms with Gasteiger partial charge in [0.15, 0.2) is 17.3 Å². The summed E-state index contributed by atoms with van der Waals surface area (Å²) in [5, 5.41) is 13.2. The minimum Gasteiger partial charge on any atom is -0.363 e. The van der Waals surface area contributed by atoms with Crippen molar-refractivity contribution in [3.63, 3.8) is 0 Å². The van der Waals surface area contributed by atoms with Gasteiger partial charge >= 0.3 is 0 Å². The maximum absolute atomic E-state index is 13.5. The van der Waals surface area contributed by atoms with Crippen LogP contribution in [0, 0.1) is 34.1 Å². The van der Waals surface area contributed by atoms with Gasteiger partial charge in [-0.3, -0.25) is 10.1 Å². The summed E-state index contributed by atoms with van der Waals surface area (Å²) in [4.78, 5) is 9.95. The maximum Gasteiger partial charge on any atom is 0.295 e. The molecule has 0 saturated heterocycles. The smallest absolute Gasteiger partial charge is 0.295 e. The molecule has 1 aromatic rings. The van der Waals surface area contributed by atoms with E-state index in [0.29, 0.717) is 18.9 Å². The van der Waals surface area contributed by atoms with Crippen LogP contribution in [0.15, 0.2) is 12.1 Å². The summed E-state index contributed by atoms with van der Waals surface area (Å²) in [6, 6.07) is 1.04. The minimum atomic E-state index is -1.29. The highest BCUT2D eigenvalue weighted by atomic mass is 19.2. The monoisotopic (exact) mass is 254 g/mol. The lowest BCUT2D eigenvalue weighted by Crippen LogP contribution is -2.19. The van der Waals surface area contributed by atoms with Crippen LogP contribution in [-0.2, 0) is 0 Å². The Hall–Kier alpha value is -2.16. The molecule has 0 spiro atoms. The van der Waals surface area contributed by atoms with E-state index < -0.39 is 34.0 Å². The number of rotatable bonds is 5. The van der Waals surface area contributed by atoms with Gasteiger partial charge < -0.3 is 5.32 Å². The topological polar surface area (TPSA) is 55.2 Å². The fourth-order valence-corrected chi connectivity index (χ4v) is 1.49. The first-order valence-electron chi connectivity index (χ1n) is 5.36. The number of terminal acetylenes is 1. The van der Waals surface area contributed by atoms with E-state index in [9.17, 15) is 18.9 Å². The predicted molar refractivity (Wildman–Crippen MR) is 64.2 cm³/mol. The molecule has 96 valence electrons. The molecule has 18 heavy (non-hydrogen) atoms. The average Bonchev–Trinajstić information content (AvgIpc) is 2.33. The van der Waals surface area contributed by atoms with Gasteiger partial charge in [-0.25, -0.2) is 8.78 Å². The molecule has 0 aliphatic heterocycles. The third-order valence-electron chi connectivity index (χ3n) is 2.37. The summed E-state index contributed by atoms with van der Waals surface area (Å²) in [5.74, 6) is -0.107. The van der Waals surface area contributed by atoms with Crippen molar-refractivity contribution in [2.45, 2.75) is 25.8 Å². The second kappa shape index (κ2) is 5.96. The Kier molecular flexibility index (Phi) is 4.60. The second-order valence-corrected chi connectivity index (χ2v) is 3.66. The zero-order valence-electron chi connectivity index (χ0n) is 9.74. The van der Waals surface area contributed by atoms with Crippen LogP contribution in [0.5, 0.6) is 0 Å². The fourth-order valence-electron chi connectivity index (χ4n) is 1.49. The minimum absolute atomic E-state index is 0.503. The highest BCUT2D eigenvalue weighted by Crippen LogP contribution is 2.29. The molecular weight excluding hydrogens is 242 g/mol. The molecule has 0 saturated carbocycles. The van der Waals surface area contributed by atoms with Crippen LogP contribution < -0.4 is 5.32 Å². The molecule has 0 aliphatic carbocycles. The first kappa shape index (κ1) is 13.9. The van der Waals surface area contributed by atoms with Gasteiger partial charge in [-0.2, -0.15) is 0 Å². The molecule has 1 unspecified atom stereocenters. The molecule has 0 heterocycles. The lowest BCUT2D eigenvalue weighted by Gasteiger charge is -2.14. The van der Waals surface area contributed by atoms with E-state index in [1.54, 1.807) is 0 Å². The zero-order chi connectivity index (χ0) is 13.7. The summed E-state index contributed by atoms with van der Waals surface area (Å²) in [5.41, 5.74) is -1.04. The summed E-state index contributed by atoms with van der Waals surface area (Å²) in [7, 11) is 0. The number of nitrogens with zero attached hydrogens (tertiary/aromatic N) is 1. The second-order valence-electron chi connectivity index (χ2n) is 3.66. The first-order valence-corrected chi connectivity index (χ1v) is 5.36. The first-order chi connectivity index (χ1) is 8.51. The quantitative estimate of drug-likeness (QED) is 0.499. The average molecular weight is 254 g/mol. The predicted octanol–water partition coefficient (Wildman–Crippen LogP) is 3.09. The summed E-state index contributed by atoms with van der Waals surface area (Å²) >= 11 is 0. The molecular formula is C12H12F2N2O2. The molecule has 6 heteroatoms. The summed E-state index contributed by atoms with van der Waals surface area (Å²) in [6.45, 7) is 1.86. The van der Waals surface area contributed by atoms with Gasteiger partial charge in [0.25, 0.3) is 5.69 Å². The van der Waals surface area contributed by atoms with Gasteiger partial charge in [-0.1, -0.05) is 19.3 Å². The molecule has 0 fully saturated rings. The van der Waals surface area contributed by atoms with Crippen molar-refractivity contribution < 1.29 is 13.7 Å². The zero-order valence-corrected chi connectivity index (χ0v) is 9.74. The van der Waals surface area contributed by atoms with Crippen molar-refractivity contribution in [1.82, 2.24) is 0 Å². The Bertz CT molecular complexity index is 498. The van der Waals surface area contributed by atoms with Crippen molar-refractivity contribution in [2.24, 2.45) is 0 Å². The van der Waals surface area contributed by atoms with Crippen LogP contribution in [0.3, 0.4) is 0 Å². The molecule has 0 bridgehead atoms. The molecule has 0 aromatic heterocycles. The van der Waals surface area contributed by atoms with E-state index in [1.807, 2.05) is 6.92 Å². The summed E-state index contributed by atoms with van der Waals surface area (Å²) in [6.07, 6.45) is 6.44. The van der Waals surface area contributed by atoms with Crippen LogP contribution in [0.4, 0.5) is 20.2 Å². The van der Waals surface area contributed by atoms with Crippen molar-refractivity contribution in [3.8, 4) is 12.3 Å². The van der Waals surface area contributed by atoms with Gasteiger partial charge in [0.2, 0.25) is 0 Å². The van der Waals surface area contributed by atoms with E-state index in [1.165, 1.54) is 0 Å². The van der Waals surface area contributed by atoms with E-state index in [4.69, 9.17) is 6.42 Å². The van der Waals surface area contributed by atoms with E-state index in [2.05, 4.69) is 11.2 Å². The maximum atomic E-state index is 13.5. The normalized spacial score (nSPS) is 11.7. The van der Waals surface area contributed by atoms with Crippen molar-refractivity contribution >= 4 is 11.4 Å². The molecule has 0 amide bonds. The Morgan fingerprint density at radius 2 is 2.22 bits per heavy atom. The number of hydrogen-bond acceptors (Lipinski definition) is 3. The molecule has 1 N–H and O–H groups in total. The number of benzene rings is 1. The fraction of sp³-hybridized carbons (Fsp3) is 0.333. The van der Waals surface area contributed by atoms with Crippen molar-refractivity contribution in [3.05, 3.63) is 33.9 Å². The van der Waals surface area contributed by atoms with Crippen molar-refractivity contribution in [2.75, 3.05) is 5.32 Å². The van der Waals surface area contributed by atoms with Gasteiger partial charge in [-0.15, -0.1) is 6.42 Å². The number of nitrogens with one attached hydrogen (secondary N) is 1. The lowest BCUT2D eigenvalue weighted by molar-refractivity contribution is -0.384. The van der Waals surface area contributed by atoms with Crippen LogP contribution in [0.1, 0.15) is 19.8 Å². The van der Waals surface area contributed by atoms with E-state index in [-0.39, 0.29) is 0 Å². The number of halogens is 2. The highest BCUT2D eigenvalue weighted by molar-refractivity contribution is 5.63. The van der Waals surface area contributed by atoms with Crippen LogP contribution in [0.2, 0.25) is 0 Å². The molecule has 1 atom stereocenters. The van der Waals surface area contributed by atoms with Crippen LogP contribution in [-0.4, -0.2) is 11.0 Å². The number of nitro groups is 1.